The number of hydrogen-bond donors (Lipinski definition) is 4. The monoisotopic (exact) mass is 306 g/mol. The lowest BCUT2D eigenvalue weighted by atomic mass is 9.96. The lowest BCUT2D eigenvalue weighted by Crippen LogP contribution is -2.46. The van der Waals surface area contributed by atoms with E-state index in [1.165, 1.54) is 19.3 Å². The van der Waals surface area contributed by atoms with Crippen molar-refractivity contribution in [3.63, 3.8) is 0 Å². The molecule has 0 aliphatic heterocycles. The van der Waals surface area contributed by atoms with Crippen LogP contribution in [-0.4, -0.2) is 44.2 Å². The minimum Gasteiger partial charge on any atom is -0.353 e. The van der Waals surface area contributed by atoms with Gasteiger partial charge in [0.25, 0.3) is 0 Å². The number of carbonyl (C=O) groups is 2. The Morgan fingerprint density at radius 2 is 1.75 bits per heavy atom. The summed E-state index contributed by atoms with van der Waals surface area (Å²) in [4.78, 5) is 23.0. The van der Waals surface area contributed by atoms with Crippen molar-refractivity contribution in [2.75, 3.05) is 26.2 Å². The van der Waals surface area contributed by atoms with E-state index in [0.717, 1.165) is 25.9 Å². The molecular formula is C13H27ClN4O2. The first-order valence-electron chi connectivity index (χ1n) is 7.24. The van der Waals surface area contributed by atoms with Gasteiger partial charge in [-0.1, -0.05) is 26.2 Å². The van der Waals surface area contributed by atoms with Crippen LogP contribution in [0.25, 0.3) is 0 Å². The maximum Gasteiger partial charge on any atom is 0.315 e. The molecule has 0 unspecified atom stereocenters. The van der Waals surface area contributed by atoms with Crippen LogP contribution in [0.5, 0.6) is 0 Å². The Morgan fingerprint density at radius 1 is 1.05 bits per heavy atom. The summed E-state index contributed by atoms with van der Waals surface area (Å²) >= 11 is 0. The van der Waals surface area contributed by atoms with Crippen LogP contribution in [0.15, 0.2) is 0 Å². The predicted octanol–water partition coefficient (Wildman–Crippen LogP) is 0.766. The zero-order valence-corrected chi connectivity index (χ0v) is 13.0. The van der Waals surface area contributed by atoms with Gasteiger partial charge in [-0.05, 0) is 19.4 Å². The molecule has 1 rings (SSSR count). The van der Waals surface area contributed by atoms with Gasteiger partial charge in [0.05, 0.1) is 6.54 Å². The number of nitrogens with one attached hydrogen (secondary N) is 4. The molecule has 0 heterocycles. The van der Waals surface area contributed by atoms with Crippen LogP contribution >= 0.6 is 12.4 Å². The Morgan fingerprint density at radius 3 is 2.40 bits per heavy atom. The number of urea groups is 1. The van der Waals surface area contributed by atoms with Crippen LogP contribution < -0.4 is 21.3 Å². The van der Waals surface area contributed by atoms with Crippen molar-refractivity contribution in [3.8, 4) is 0 Å². The largest absolute Gasteiger partial charge is 0.353 e. The molecule has 20 heavy (non-hydrogen) atoms. The highest BCUT2D eigenvalue weighted by Crippen LogP contribution is 2.16. The minimum atomic E-state index is -0.242. The molecule has 0 spiro atoms. The molecule has 0 saturated heterocycles. The van der Waals surface area contributed by atoms with E-state index in [4.69, 9.17) is 0 Å². The molecule has 4 N–H and O–H groups in total. The van der Waals surface area contributed by atoms with E-state index in [2.05, 4.69) is 21.3 Å². The first-order valence-corrected chi connectivity index (χ1v) is 7.24. The summed E-state index contributed by atoms with van der Waals surface area (Å²) in [6.07, 6.45) is 5.70. The van der Waals surface area contributed by atoms with Crippen molar-refractivity contribution in [3.05, 3.63) is 0 Å². The van der Waals surface area contributed by atoms with Crippen LogP contribution in [0, 0.1) is 0 Å². The number of halogens is 1. The second-order valence-corrected chi connectivity index (χ2v) is 4.87. The first-order chi connectivity index (χ1) is 9.22. The van der Waals surface area contributed by atoms with Crippen molar-refractivity contribution in [2.24, 2.45) is 0 Å². The molecule has 0 bridgehead atoms. The third-order valence-corrected chi connectivity index (χ3v) is 3.22. The van der Waals surface area contributed by atoms with Crippen molar-refractivity contribution in [1.82, 2.24) is 21.3 Å². The molecule has 3 amide bonds. The topological polar surface area (TPSA) is 82.3 Å². The fourth-order valence-electron chi connectivity index (χ4n) is 2.17. The minimum absolute atomic E-state index is 0. The average Bonchev–Trinajstić information content (AvgIpc) is 2.42. The van der Waals surface area contributed by atoms with E-state index >= 15 is 0 Å². The normalized spacial score (nSPS) is 15.1. The third-order valence-electron chi connectivity index (χ3n) is 3.22. The summed E-state index contributed by atoms with van der Waals surface area (Å²) in [5.74, 6) is -0.156. The lowest BCUT2D eigenvalue weighted by molar-refractivity contribution is -0.120. The zero-order valence-electron chi connectivity index (χ0n) is 12.2. The molecule has 0 aromatic heterocycles. The molecule has 0 aromatic carbocycles. The van der Waals surface area contributed by atoms with E-state index in [-0.39, 0.29) is 36.9 Å². The molecular weight excluding hydrogens is 280 g/mol. The van der Waals surface area contributed by atoms with Crippen LogP contribution in [0.3, 0.4) is 0 Å². The van der Waals surface area contributed by atoms with Gasteiger partial charge in [-0.3, -0.25) is 4.79 Å². The van der Waals surface area contributed by atoms with Crippen molar-refractivity contribution < 1.29 is 9.59 Å². The molecule has 0 atom stereocenters. The molecule has 1 aliphatic rings. The Kier molecular flexibility index (Phi) is 11.2. The van der Waals surface area contributed by atoms with Crippen molar-refractivity contribution >= 4 is 24.3 Å². The Balaban J connectivity index is 0.00000361. The van der Waals surface area contributed by atoms with Crippen molar-refractivity contribution in [2.45, 2.75) is 45.1 Å². The summed E-state index contributed by atoms with van der Waals surface area (Å²) in [5.41, 5.74) is 0. The fraction of sp³-hybridized carbons (Fsp3) is 0.846. The standard InChI is InChI=1S/C13H26N4O2.ClH/c1-2-14-8-9-15-12(18)10-16-13(19)17-11-6-4-3-5-7-11;/h11,14H,2-10H2,1H3,(H,15,18)(H2,16,17,19);1H. The maximum atomic E-state index is 11.6. The van der Waals surface area contributed by atoms with Crippen molar-refractivity contribution in [1.29, 1.82) is 0 Å². The average molecular weight is 307 g/mol. The van der Waals surface area contributed by atoms with E-state index in [1.54, 1.807) is 0 Å². The van der Waals surface area contributed by atoms with Gasteiger partial charge in [-0.2, -0.15) is 0 Å². The Hall–Kier alpha value is -1.01. The van der Waals surface area contributed by atoms with Crippen LogP contribution in [-0.2, 0) is 4.79 Å². The lowest BCUT2D eigenvalue weighted by Gasteiger charge is -2.22. The third kappa shape index (κ3) is 8.98. The summed E-state index contributed by atoms with van der Waals surface area (Å²) in [6, 6.07) is 0.0271. The number of rotatable bonds is 7. The summed E-state index contributed by atoms with van der Waals surface area (Å²) in [7, 11) is 0. The van der Waals surface area contributed by atoms with Gasteiger partial charge in [-0.15, -0.1) is 12.4 Å². The fourth-order valence-corrected chi connectivity index (χ4v) is 2.17. The number of likely N-dealkylation sites (N-methyl/N-ethyl adjacent to an activating group) is 1. The highest BCUT2D eigenvalue weighted by molar-refractivity contribution is 5.85. The zero-order chi connectivity index (χ0) is 13.9. The van der Waals surface area contributed by atoms with Crippen LogP contribution in [0.2, 0.25) is 0 Å². The van der Waals surface area contributed by atoms with Gasteiger partial charge < -0.3 is 21.3 Å². The Labute approximate surface area is 127 Å². The van der Waals surface area contributed by atoms with E-state index in [1.807, 2.05) is 6.92 Å². The van der Waals surface area contributed by atoms with Gasteiger partial charge in [-0.25, -0.2) is 4.79 Å². The predicted molar refractivity (Wildman–Crippen MR) is 82.2 cm³/mol. The quantitative estimate of drug-likeness (QED) is 0.524. The Bertz CT molecular complexity index is 284. The maximum absolute atomic E-state index is 11.6. The van der Waals surface area contributed by atoms with Gasteiger partial charge in [0.2, 0.25) is 5.91 Å². The molecule has 0 aromatic rings. The highest BCUT2D eigenvalue weighted by Gasteiger charge is 2.15. The SMILES string of the molecule is CCNCCNC(=O)CNC(=O)NC1CCCCC1.Cl. The summed E-state index contributed by atoms with van der Waals surface area (Å²) in [5, 5.41) is 11.3. The molecule has 1 aliphatic carbocycles. The summed E-state index contributed by atoms with van der Waals surface area (Å²) in [6.45, 7) is 4.26. The molecule has 0 radical (unpaired) electrons. The smallest absolute Gasteiger partial charge is 0.315 e. The number of amides is 3. The van der Waals surface area contributed by atoms with Gasteiger partial charge in [0.1, 0.15) is 0 Å². The second kappa shape index (κ2) is 11.8. The van der Waals surface area contributed by atoms with E-state index < -0.39 is 0 Å². The van der Waals surface area contributed by atoms with E-state index in [0.29, 0.717) is 6.54 Å². The van der Waals surface area contributed by atoms with Gasteiger partial charge in [0, 0.05) is 19.1 Å². The molecule has 1 saturated carbocycles. The molecule has 1 fully saturated rings. The van der Waals surface area contributed by atoms with Gasteiger partial charge >= 0.3 is 6.03 Å². The molecule has 7 heteroatoms. The first kappa shape index (κ1) is 19.0. The number of hydrogen-bond acceptors (Lipinski definition) is 3. The van der Waals surface area contributed by atoms with Crippen LogP contribution in [0.4, 0.5) is 4.79 Å². The second-order valence-electron chi connectivity index (χ2n) is 4.87. The van der Waals surface area contributed by atoms with Gasteiger partial charge in [0.15, 0.2) is 0 Å². The van der Waals surface area contributed by atoms with Crippen LogP contribution in [0.1, 0.15) is 39.0 Å². The molecule has 6 nitrogen and oxygen atoms in total. The highest BCUT2D eigenvalue weighted by atomic mass is 35.5. The number of carbonyl (C=O) groups excluding carboxylic acids is 2. The van der Waals surface area contributed by atoms with E-state index in [9.17, 15) is 9.59 Å². The molecule has 118 valence electrons. The summed E-state index contributed by atoms with van der Waals surface area (Å²) < 4.78 is 0.